The van der Waals surface area contributed by atoms with E-state index in [1.165, 1.54) is 0 Å². The first kappa shape index (κ1) is 13.2. The van der Waals surface area contributed by atoms with Gasteiger partial charge in [-0.25, -0.2) is 0 Å². The molecule has 1 saturated heterocycles. The van der Waals surface area contributed by atoms with Crippen molar-refractivity contribution in [2.45, 2.75) is 51.3 Å². The van der Waals surface area contributed by atoms with Crippen LogP contribution >= 0.6 is 11.6 Å². The highest BCUT2D eigenvalue weighted by atomic mass is 35.5. The van der Waals surface area contributed by atoms with Crippen molar-refractivity contribution in [1.82, 2.24) is 0 Å². The Labute approximate surface area is 94.8 Å². The van der Waals surface area contributed by atoms with E-state index in [1.807, 2.05) is 20.8 Å². The zero-order valence-corrected chi connectivity index (χ0v) is 9.98. The molecule has 15 heavy (non-hydrogen) atoms. The van der Waals surface area contributed by atoms with Crippen LogP contribution in [-0.2, 0) is 4.74 Å². The average Bonchev–Trinajstić information content (AvgIpc) is 2.13. The molecule has 3 unspecified atom stereocenters. The maximum Gasteiger partial charge on any atom is 0.111 e. The molecule has 0 aromatic rings. The van der Waals surface area contributed by atoms with E-state index in [0.29, 0.717) is 0 Å². The summed E-state index contributed by atoms with van der Waals surface area (Å²) >= 11 is 5.63. The Morgan fingerprint density at radius 3 is 2.00 bits per heavy atom. The Morgan fingerprint density at radius 1 is 1.07 bits per heavy atom. The highest BCUT2D eigenvalue weighted by molar-refractivity contribution is 6.18. The van der Waals surface area contributed by atoms with Gasteiger partial charge in [-0.1, -0.05) is 20.8 Å². The van der Waals surface area contributed by atoms with E-state index in [1.54, 1.807) is 0 Å². The van der Waals surface area contributed by atoms with Crippen molar-refractivity contribution in [2.75, 3.05) is 5.88 Å². The molecular formula is C10H19ClO4. The SMILES string of the molecule is CC(C)(C)[C@@H]1OC(CCl)[C@H](O)C(O)C1O. The number of halogens is 1. The minimum atomic E-state index is -1.20. The first-order valence-corrected chi connectivity index (χ1v) is 5.58. The van der Waals surface area contributed by atoms with Gasteiger partial charge in [-0.05, 0) is 5.41 Å². The Hall–Kier alpha value is 0.130. The number of aliphatic hydroxyl groups excluding tert-OH is 3. The smallest absolute Gasteiger partial charge is 0.111 e. The molecule has 0 aliphatic carbocycles. The lowest BCUT2D eigenvalue weighted by Crippen LogP contribution is -2.61. The van der Waals surface area contributed by atoms with E-state index >= 15 is 0 Å². The molecule has 0 aromatic heterocycles. The summed E-state index contributed by atoms with van der Waals surface area (Å²) < 4.78 is 5.50. The van der Waals surface area contributed by atoms with Crippen LogP contribution in [0.5, 0.6) is 0 Å². The normalized spacial score (nSPS) is 43.0. The van der Waals surface area contributed by atoms with Crippen molar-refractivity contribution in [3.63, 3.8) is 0 Å². The fourth-order valence-corrected chi connectivity index (χ4v) is 2.05. The molecule has 5 atom stereocenters. The molecule has 0 radical (unpaired) electrons. The molecule has 0 spiro atoms. The van der Waals surface area contributed by atoms with E-state index in [2.05, 4.69) is 0 Å². The van der Waals surface area contributed by atoms with Gasteiger partial charge in [0.15, 0.2) is 0 Å². The molecule has 0 amide bonds. The van der Waals surface area contributed by atoms with Gasteiger partial charge < -0.3 is 20.1 Å². The van der Waals surface area contributed by atoms with Crippen LogP contribution in [0.2, 0.25) is 0 Å². The third-order valence-corrected chi connectivity index (χ3v) is 3.02. The second kappa shape index (κ2) is 4.55. The molecule has 3 N–H and O–H groups in total. The summed E-state index contributed by atoms with van der Waals surface area (Å²) in [6.45, 7) is 5.70. The summed E-state index contributed by atoms with van der Waals surface area (Å²) in [6, 6.07) is 0. The molecule has 5 heteroatoms. The van der Waals surface area contributed by atoms with Crippen LogP contribution in [0.1, 0.15) is 20.8 Å². The Kier molecular flexibility index (Phi) is 4.01. The van der Waals surface area contributed by atoms with Gasteiger partial charge in [0, 0.05) is 0 Å². The summed E-state index contributed by atoms with van der Waals surface area (Å²) in [5, 5.41) is 29.0. The summed E-state index contributed by atoms with van der Waals surface area (Å²) in [4.78, 5) is 0. The lowest BCUT2D eigenvalue weighted by Gasteiger charge is -2.45. The molecule has 90 valence electrons. The quantitative estimate of drug-likeness (QED) is 0.568. The summed E-state index contributed by atoms with van der Waals surface area (Å²) in [5.74, 6) is 0.0948. The number of aliphatic hydroxyl groups is 3. The third kappa shape index (κ3) is 2.63. The van der Waals surface area contributed by atoms with Gasteiger partial charge in [-0.15, -0.1) is 11.6 Å². The number of rotatable bonds is 1. The molecule has 1 fully saturated rings. The maximum atomic E-state index is 9.78. The Balaban J connectivity index is 2.83. The number of ether oxygens (including phenoxy) is 1. The zero-order valence-electron chi connectivity index (χ0n) is 9.22. The van der Waals surface area contributed by atoms with Gasteiger partial charge in [0.25, 0.3) is 0 Å². The van der Waals surface area contributed by atoms with Gasteiger partial charge >= 0.3 is 0 Å². The van der Waals surface area contributed by atoms with Crippen molar-refractivity contribution in [2.24, 2.45) is 5.41 Å². The minimum Gasteiger partial charge on any atom is -0.388 e. The molecule has 1 rings (SSSR count). The van der Waals surface area contributed by atoms with Crippen LogP contribution in [0.3, 0.4) is 0 Å². The summed E-state index contributed by atoms with van der Waals surface area (Å²) in [7, 11) is 0. The summed E-state index contributed by atoms with van der Waals surface area (Å²) in [6.07, 6.45) is -4.57. The number of hydrogen-bond donors (Lipinski definition) is 3. The first-order chi connectivity index (χ1) is 6.79. The van der Waals surface area contributed by atoms with Crippen LogP contribution < -0.4 is 0 Å². The van der Waals surface area contributed by atoms with Crippen molar-refractivity contribution in [3.05, 3.63) is 0 Å². The van der Waals surface area contributed by atoms with E-state index in [0.717, 1.165) is 0 Å². The Morgan fingerprint density at radius 2 is 1.60 bits per heavy atom. The van der Waals surface area contributed by atoms with E-state index in [9.17, 15) is 15.3 Å². The number of alkyl halides is 1. The molecule has 0 bridgehead atoms. The van der Waals surface area contributed by atoms with Gasteiger partial charge in [0.2, 0.25) is 0 Å². The van der Waals surface area contributed by atoms with Gasteiger partial charge in [0.05, 0.1) is 12.0 Å². The van der Waals surface area contributed by atoms with Crippen LogP contribution in [0.15, 0.2) is 0 Å². The zero-order chi connectivity index (χ0) is 11.8. The van der Waals surface area contributed by atoms with Crippen LogP contribution in [-0.4, -0.2) is 51.7 Å². The fraction of sp³-hybridized carbons (Fsp3) is 1.00. The lowest BCUT2D eigenvalue weighted by atomic mass is 9.80. The highest BCUT2D eigenvalue weighted by Gasteiger charge is 2.47. The van der Waals surface area contributed by atoms with Crippen LogP contribution in [0.25, 0.3) is 0 Å². The van der Waals surface area contributed by atoms with E-state index in [4.69, 9.17) is 16.3 Å². The molecule has 0 saturated carbocycles. The van der Waals surface area contributed by atoms with Gasteiger partial charge in [0.1, 0.15) is 24.4 Å². The second-order valence-electron chi connectivity index (χ2n) is 5.09. The van der Waals surface area contributed by atoms with Crippen molar-refractivity contribution in [1.29, 1.82) is 0 Å². The average molecular weight is 239 g/mol. The van der Waals surface area contributed by atoms with Crippen LogP contribution in [0, 0.1) is 5.41 Å². The molecular weight excluding hydrogens is 220 g/mol. The lowest BCUT2D eigenvalue weighted by molar-refractivity contribution is -0.238. The first-order valence-electron chi connectivity index (χ1n) is 5.04. The van der Waals surface area contributed by atoms with Gasteiger partial charge in [-0.3, -0.25) is 0 Å². The topological polar surface area (TPSA) is 69.9 Å². The fourth-order valence-electron chi connectivity index (χ4n) is 1.79. The van der Waals surface area contributed by atoms with Crippen molar-refractivity contribution < 1.29 is 20.1 Å². The van der Waals surface area contributed by atoms with Crippen molar-refractivity contribution in [3.8, 4) is 0 Å². The molecule has 0 aromatic carbocycles. The van der Waals surface area contributed by atoms with Crippen molar-refractivity contribution >= 4 is 11.6 Å². The predicted molar refractivity (Wildman–Crippen MR) is 56.9 cm³/mol. The van der Waals surface area contributed by atoms with E-state index in [-0.39, 0.29) is 11.3 Å². The Bertz CT molecular complexity index is 214. The molecule has 1 aliphatic heterocycles. The third-order valence-electron chi connectivity index (χ3n) is 2.72. The monoisotopic (exact) mass is 238 g/mol. The largest absolute Gasteiger partial charge is 0.388 e. The van der Waals surface area contributed by atoms with Gasteiger partial charge in [-0.2, -0.15) is 0 Å². The molecule has 1 heterocycles. The van der Waals surface area contributed by atoms with E-state index < -0.39 is 30.5 Å². The molecule has 1 aliphatic rings. The predicted octanol–water partition coefficient (Wildman–Crippen LogP) is 0.121. The number of hydrogen-bond acceptors (Lipinski definition) is 4. The minimum absolute atomic E-state index is 0.0948. The standard InChI is InChI=1S/C10H19ClO4/c1-10(2,3)9-8(14)7(13)6(12)5(4-11)15-9/h5-9,12-14H,4H2,1-3H3/t5?,6-,7?,8?,9+/m0/s1. The second-order valence-corrected chi connectivity index (χ2v) is 5.40. The van der Waals surface area contributed by atoms with Crippen LogP contribution in [0.4, 0.5) is 0 Å². The highest BCUT2D eigenvalue weighted by Crippen LogP contribution is 2.33. The molecule has 4 nitrogen and oxygen atoms in total. The maximum absolute atomic E-state index is 9.78. The summed E-state index contributed by atoms with van der Waals surface area (Å²) in [5.41, 5.74) is -0.315.